The van der Waals surface area contributed by atoms with Crippen LogP contribution in [0.15, 0.2) is 0 Å². The minimum absolute atomic E-state index is 0.581. The normalized spacial score (nSPS) is 45.0. The van der Waals surface area contributed by atoms with E-state index in [9.17, 15) is 0 Å². The predicted octanol–water partition coefficient (Wildman–Crippen LogP) is 0.137. The number of hydrogen-bond donors (Lipinski definition) is 1. The molecule has 0 amide bonds. The lowest BCUT2D eigenvalue weighted by Gasteiger charge is -1.94. The van der Waals surface area contributed by atoms with E-state index in [0.29, 0.717) is 6.10 Å². The fraction of sp³-hybridized carbons (Fsp3) is 1.00. The van der Waals surface area contributed by atoms with Crippen LogP contribution in [0.3, 0.4) is 0 Å². The molecule has 0 aromatic heterocycles. The molecule has 2 heteroatoms. The standard InChI is InChI=1S/C6H11NO/c1-2-7-5-4-6(5)8-3-1/h5-7H,1-4H2/t5-,6+/m0/s1. The SMILES string of the molecule is C1CN[C@H]2C[C@H]2OC1. The van der Waals surface area contributed by atoms with E-state index in [0.717, 1.165) is 19.2 Å². The molecule has 1 heterocycles. The van der Waals surface area contributed by atoms with Crippen molar-refractivity contribution in [2.75, 3.05) is 13.2 Å². The van der Waals surface area contributed by atoms with Crippen molar-refractivity contribution in [1.82, 2.24) is 5.32 Å². The second-order valence-electron chi connectivity index (χ2n) is 2.56. The Morgan fingerprint density at radius 3 is 3.50 bits per heavy atom. The van der Waals surface area contributed by atoms with Gasteiger partial charge in [-0.2, -0.15) is 0 Å². The third kappa shape index (κ3) is 0.740. The summed E-state index contributed by atoms with van der Waals surface area (Å²) >= 11 is 0. The lowest BCUT2D eigenvalue weighted by atomic mass is 10.4. The van der Waals surface area contributed by atoms with Crippen LogP contribution in [0.2, 0.25) is 0 Å². The molecule has 46 valence electrons. The van der Waals surface area contributed by atoms with Crippen LogP contribution in [-0.2, 0) is 4.74 Å². The largest absolute Gasteiger partial charge is 0.376 e. The second-order valence-corrected chi connectivity index (χ2v) is 2.56. The van der Waals surface area contributed by atoms with Gasteiger partial charge in [0.05, 0.1) is 6.10 Å². The molecule has 1 aliphatic heterocycles. The molecule has 0 aromatic rings. The van der Waals surface area contributed by atoms with Crippen LogP contribution in [0.4, 0.5) is 0 Å². The molecular weight excluding hydrogens is 102 g/mol. The van der Waals surface area contributed by atoms with E-state index in [4.69, 9.17) is 4.74 Å². The van der Waals surface area contributed by atoms with Crippen molar-refractivity contribution >= 4 is 0 Å². The molecule has 1 saturated carbocycles. The Labute approximate surface area is 49.2 Å². The van der Waals surface area contributed by atoms with Crippen LogP contribution in [0.5, 0.6) is 0 Å². The topological polar surface area (TPSA) is 21.3 Å². The lowest BCUT2D eigenvalue weighted by molar-refractivity contribution is 0.123. The highest BCUT2D eigenvalue weighted by molar-refractivity contribution is 4.95. The third-order valence-electron chi connectivity index (χ3n) is 1.79. The van der Waals surface area contributed by atoms with Crippen molar-refractivity contribution in [3.05, 3.63) is 0 Å². The van der Waals surface area contributed by atoms with Crippen LogP contribution in [-0.4, -0.2) is 25.3 Å². The van der Waals surface area contributed by atoms with Crippen molar-refractivity contribution in [2.45, 2.75) is 25.0 Å². The minimum atomic E-state index is 0.581. The summed E-state index contributed by atoms with van der Waals surface area (Å²) in [5.74, 6) is 0. The maximum Gasteiger partial charge on any atom is 0.0744 e. The maximum atomic E-state index is 5.41. The molecule has 1 N–H and O–H groups in total. The summed E-state index contributed by atoms with van der Waals surface area (Å²) in [6, 6.07) is 0.720. The Morgan fingerprint density at radius 1 is 1.50 bits per heavy atom. The van der Waals surface area contributed by atoms with Gasteiger partial charge in [0, 0.05) is 12.6 Å². The van der Waals surface area contributed by atoms with Gasteiger partial charge in [0.2, 0.25) is 0 Å². The average molecular weight is 113 g/mol. The molecule has 2 nitrogen and oxygen atoms in total. The van der Waals surface area contributed by atoms with E-state index >= 15 is 0 Å². The van der Waals surface area contributed by atoms with Gasteiger partial charge >= 0.3 is 0 Å². The molecule has 2 atom stereocenters. The van der Waals surface area contributed by atoms with Crippen molar-refractivity contribution in [2.24, 2.45) is 0 Å². The summed E-state index contributed by atoms with van der Waals surface area (Å²) < 4.78 is 5.41. The highest BCUT2D eigenvalue weighted by Crippen LogP contribution is 2.26. The van der Waals surface area contributed by atoms with Crippen LogP contribution in [0.1, 0.15) is 12.8 Å². The number of rotatable bonds is 0. The van der Waals surface area contributed by atoms with Gasteiger partial charge in [-0.05, 0) is 19.4 Å². The average Bonchev–Trinajstić information content (AvgIpc) is 2.36. The smallest absolute Gasteiger partial charge is 0.0744 e. The van der Waals surface area contributed by atoms with E-state index in [1.165, 1.54) is 12.8 Å². The zero-order valence-corrected chi connectivity index (χ0v) is 4.89. The molecule has 8 heavy (non-hydrogen) atoms. The maximum absolute atomic E-state index is 5.41. The first kappa shape index (κ1) is 4.77. The molecule has 0 unspecified atom stereocenters. The first-order chi connectivity index (χ1) is 3.97. The zero-order chi connectivity index (χ0) is 5.40. The molecule has 0 spiro atoms. The van der Waals surface area contributed by atoms with Crippen LogP contribution in [0.25, 0.3) is 0 Å². The monoisotopic (exact) mass is 113 g/mol. The van der Waals surface area contributed by atoms with Crippen molar-refractivity contribution in [3.63, 3.8) is 0 Å². The molecule has 1 aliphatic carbocycles. The summed E-state index contributed by atoms with van der Waals surface area (Å²) in [4.78, 5) is 0. The Kier molecular flexibility index (Phi) is 1.02. The van der Waals surface area contributed by atoms with E-state index in [2.05, 4.69) is 5.32 Å². The van der Waals surface area contributed by atoms with E-state index in [-0.39, 0.29) is 0 Å². The van der Waals surface area contributed by atoms with Crippen LogP contribution in [0, 0.1) is 0 Å². The van der Waals surface area contributed by atoms with E-state index in [1.54, 1.807) is 0 Å². The first-order valence-corrected chi connectivity index (χ1v) is 3.32. The minimum Gasteiger partial charge on any atom is -0.376 e. The lowest BCUT2D eigenvalue weighted by Crippen LogP contribution is -2.18. The predicted molar refractivity (Wildman–Crippen MR) is 30.8 cm³/mol. The van der Waals surface area contributed by atoms with Crippen molar-refractivity contribution < 1.29 is 4.74 Å². The number of fused-ring (bicyclic) bond motifs is 1. The molecule has 2 fully saturated rings. The third-order valence-corrected chi connectivity index (χ3v) is 1.79. The fourth-order valence-electron chi connectivity index (χ4n) is 1.17. The zero-order valence-electron chi connectivity index (χ0n) is 4.89. The van der Waals surface area contributed by atoms with E-state index < -0.39 is 0 Å². The van der Waals surface area contributed by atoms with E-state index in [1.807, 2.05) is 0 Å². The highest BCUT2D eigenvalue weighted by Gasteiger charge is 2.38. The molecule has 2 rings (SSSR count). The van der Waals surface area contributed by atoms with Crippen molar-refractivity contribution in [1.29, 1.82) is 0 Å². The van der Waals surface area contributed by atoms with Crippen LogP contribution >= 0.6 is 0 Å². The summed E-state index contributed by atoms with van der Waals surface area (Å²) in [5, 5.41) is 3.39. The molecule has 1 saturated heterocycles. The Hall–Kier alpha value is -0.0800. The second kappa shape index (κ2) is 1.71. The Balaban J connectivity index is 1.89. The molecular formula is C6H11NO. The van der Waals surface area contributed by atoms with Gasteiger partial charge in [-0.1, -0.05) is 0 Å². The van der Waals surface area contributed by atoms with Gasteiger partial charge in [-0.15, -0.1) is 0 Å². The van der Waals surface area contributed by atoms with Gasteiger partial charge in [0.1, 0.15) is 0 Å². The molecule has 0 radical (unpaired) electrons. The highest BCUT2D eigenvalue weighted by atomic mass is 16.5. The summed E-state index contributed by atoms with van der Waals surface area (Å²) in [6.45, 7) is 2.12. The molecule has 0 bridgehead atoms. The summed E-state index contributed by atoms with van der Waals surface area (Å²) in [6.07, 6.45) is 3.02. The van der Waals surface area contributed by atoms with Crippen LogP contribution < -0.4 is 5.32 Å². The number of hydrogen-bond acceptors (Lipinski definition) is 2. The van der Waals surface area contributed by atoms with Gasteiger partial charge in [-0.3, -0.25) is 0 Å². The van der Waals surface area contributed by atoms with Gasteiger partial charge in [-0.25, -0.2) is 0 Å². The molecule has 0 aromatic carbocycles. The quantitative estimate of drug-likeness (QED) is 0.482. The van der Waals surface area contributed by atoms with Gasteiger partial charge in [0.25, 0.3) is 0 Å². The fourth-order valence-corrected chi connectivity index (χ4v) is 1.17. The van der Waals surface area contributed by atoms with Crippen molar-refractivity contribution in [3.8, 4) is 0 Å². The van der Waals surface area contributed by atoms with Gasteiger partial charge in [0.15, 0.2) is 0 Å². The number of ether oxygens (including phenoxy) is 1. The molecule has 2 aliphatic rings. The Morgan fingerprint density at radius 2 is 2.50 bits per heavy atom. The Bertz CT molecular complexity index is 84.5. The van der Waals surface area contributed by atoms with Gasteiger partial charge < -0.3 is 10.1 Å². The summed E-state index contributed by atoms with van der Waals surface area (Å²) in [7, 11) is 0. The number of nitrogens with one attached hydrogen (secondary N) is 1. The first-order valence-electron chi connectivity index (χ1n) is 3.32. The summed E-state index contributed by atoms with van der Waals surface area (Å²) in [5.41, 5.74) is 0.